The van der Waals surface area contributed by atoms with E-state index in [-0.39, 0.29) is 5.91 Å². The number of aromatic amines is 1. The fourth-order valence-corrected chi connectivity index (χ4v) is 3.44. The van der Waals surface area contributed by atoms with Crippen molar-refractivity contribution in [1.82, 2.24) is 15.3 Å². The van der Waals surface area contributed by atoms with Crippen LogP contribution in [0.4, 0.5) is 0 Å². The van der Waals surface area contributed by atoms with Gasteiger partial charge in [0.2, 0.25) is 5.91 Å². The number of hydrogen-bond acceptors (Lipinski definition) is 2. The van der Waals surface area contributed by atoms with Gasteiger partial charge in [-0.2, -0.15) is 0 Å². The van der Waals surface area contributed by atoms with E-state index in [0.29, 0.717) is 18.4 Å². The summed E-state index contributed by atoms with van der Waals surface area (Å²) in [7, 11) is 0. The SMILES string of the molecule is O=C(NCCc1ncc[nH]1)C1CC2CCC1C2. The fraction of sp³-hybridized carbons (Fsp3) is 0.692. The topological polar surface area (TPSA) is 57.8 Å². The standard InChI is InChI=1S/C13H19N3O/c17-13(11-8-9-1-2-10(11)7-9)16-4-3-12-14-5-6-15-12/h5-6,9-11H,1-4,7-8H2,(H,14,15)(H,16,17). The van der Waals surface area contributed by atoms with E-state index in [9.17, 15) is 4.79 Å². The summed E-state index contributed by atoms with van der Waals surface area (Å²) in [6, 6.07) is 0. The highest BCUT2D eigenvalue weighted by molar-refractivity contribution is 5.79. The van der Waals surface area contributed by atoms with E-state index in [1.807, 2.05) is 6.20 Å². The van der Waals surface area contributed by atoms with Crippen molar-refractivity contribution in [2.24, 2.45) is 17.8 Å². The number of imidazole rings is 1. The summed E-state index contributed by atoms with van der Waals surface area (Å²) in [5.41, 5.74) is 0. The van der Waals surface area contributed by atoms with Gasteiger partial charge < -0.3 is 10.3 Å². The molecule has 2 aliphatic carbocycles. The van der Waals surface area contributed by atoms with Crippen LogP contribution in [0.25, 0.3) is 0 Å². The predicted octanol–water partition coefficient (Wildman–Crippen LogP) is 1.50. The maximum Gasteiger partial charge on any atom is 0.223 e. The van der Waals surface area contributed by atoms with Crippen LogP contribution in [-0.2, 0) is 11.2 Å². The third kappa shape index (κ3) is 2.21. The third-order valence-corrected chi connectivity index (χ3v) is 4.29. The molecule has 4 nitrogen and oxygen atoms in total. The first kappa shape index (κ1) is 10.8. The Balaban J connectivity index is 1.45. The number of amides is 1. The maximum absolute atomic E-state index is 12.0. The summed E-state index contributed by atoms with van der Waals surface area (Å²) in [6.45, 7) is 0.695. The second-order valence-corrected chi connectivity index (χ2v) is 5.36. The molecule has 2 saturated carbocycles. The summed E-state index contributed by atoms with van der Waals surface area (Å²) < 4.78 is 0. The Morgan fingerprint density at radius 1 is 1.47 bits per heavy atom. The quantitative estimate of drug-likeness (QED) is 0.828. The minimum atomic E-state index is 0.267. The van der Waals surface area contributed by atoms with Crippen molar-refractivity contribution in [2.75, 3.05) is 6.54 Å². The summed E-state index contributed by atoms with van der Waals surface area (Å²) in [5.74, 6) is 3.01. The molecule has 1 aromatic heterocycles. The van der Waals surface area contributed by atoms with Crippen LogP contribution in [0, 0.1) is 17.8 Å². The molecule has 2 bridgehead atoms. The van der Waals surface area contributed by atoms with Crippen LogP contribution < -0.4 is 5.32 Å². The second-order valence-electron chi connectivity index (χ2n) is 5.36. The van der Waals surface area contributed by atoms with Crippen LogP contribution in [0.15, 0.2) is 12.4 Å². The number of hydrogen-bond donors (Lipinski definition) is 2. The van der Waals surface area contributed by atoms with Crippen molar-refractivity contribution in [3.05, 3.63) is 18.2 Å². The zero-order chi connectivity index (χ0) is 11.7. The lowest BCUT2D eigenvalue weighted by Crippen LogP contribution is -2.34. The van der Waals surface area contributed by atoms with Gasteiger partial charge in [0.05, 0.1) is 0 Å². The molecule has 3 unspecified atom stereocenters. The number of fused-ring (bicyclic) bond motifs is 2. The zero-order valence-electron chi connectivity index (χ0n) is 9.98. The number of nitrogens with zero attached hydrogens (tertiary/aromatic N) is 1. The Hall–Kier alpha value is -1.32. The number of aromatic nitrogens is 2. The van der Waals surface area contributed by atoms with Crippen molar-refractivity contribution in [1.29, 1.82) is 0 Å². The first-order chi connectivity index (χ1) is 8.33. The second kappa shape index (κ2) is 4.51. The molecule has 3 rings (SSSR count). The normalized spacial score (nSPS) is 30.7. The first-order valence-electron chi connectivity index (χ1n) is 6.59. The third-order valence-electron chi connectivity index (χ3n) is 4.29. The number of carbonyl (C=O) groups excluding carboxylic acids is 1. The summed E-state index contributed by atoms with van der Waals surface area (Å²) >= 11 is 0. The Morgan fingerprint density at radius 2 is 2.41 bits per heavy atom. The molecule has 0 saturated heterocycles. The summed E-state index contributed by atoms with van der Waals surface area (Å²) in [5, 5.41) is 3.05. The van der Waals surface area contributed by atoms with Gasteiger partial charge in [0.15, 0.2) is 0 Å². The fourth-order valence-electron chi connectivity index (χ4n) is 3.44. The molecule has 0 radical (unpaired) electrons. The lowest BCUT2D eigenvalue weighted by Gasteiger charge is -2.20. The Labute approximate surface area is 101 Å². The van der Waals surface area contributed by atoms with Gasteiger partial charge in [0.1, 0.15) is 5.82 Å². The molecule has 1 aromatic rings. The van der Waals surface area contributed by atoms with Crippen molar-refractivity contribution in [3.8, 4) is 0 Å². The Bertz CT molecular complexity index is 387. The number of carbonyl (C=O) groups is 1. The van der Waals surface area contributed by atoms with Gasteiger partial charge in [0, 0.05) is 31.3 Å². The molecule has 17 heavy (non-hydrogen) atoms. The van der Waals surface area contributed by atoms with Crippen LogP contribution in [0.5, 0.6) is 0 Å². The van der Waals surface area contributed by atoms with Gasteiger partial charge in [-0.3, -0.25) is 4.79 Å². The average molecular weight is 233 g/mol. The molecule has 1 heterocycles. The zero-order valence-corrected chi connectivity index (χ0v) is 9.98. The molecule has 2 aliphatic rings. The molecule has 4 heteroatoms. The van der Waals surface area contributed by atoms with E-state index in [2.05, 4.69) is 15.3 Å². The lowest BCUT2D eigenvalue weighted by molar-refractivity contribution is -0.126. The molecule has 3 atom stereocenters. The Morgan fingerprint density at radius 3 is 3.06 bits per heavy atom. The molecule has 1 amide bonds. The lowest BCUT2D eigenvalue weighted by atomic mass is 9.88. The minimum Gasteiger partial charge on any atom is -0.355 e. The van der Waals surface area contributed by atoms with Crippen LogP contribution >= 0.6 is 0 Å². The smallest absolute Gasteiger partial charge is 0.223 e. The molecule has 0 aliphatic heterocycles. The van der Waals surface area contributed by atoms with E-state index in [4.69, 9.17) is 0 Å². The van der Waals surface area contributed by atoms with E-state index in [1.54, 1.807) is 6.20 Å². The van der Waals surface area contributed by atoms with Crippen LogP contribution in [-0.4, -0.2) is 22.4 Å². The van der Waals surface area contributed by atoms with Crippen LogP contribution in [0.3, 0.4) is 0 Å². The first-order valence-corrected chi connectivity index (χ1v) is 6.59. The van der Waals surface area contributed by atoms with Gasteiger partial charge in [-0.05, 0) is 31.1 Å². The van der Waals surface area contributed by atoms with Crippen LogP contribution in [0.2, 0.25) is 0 Å². The molecule has 2 fully saturated rings. The molecule has 0 aromatic carbocycles. The molecule has 0 spiro atoms. The Kier molecular flexibility index (Phi) is 2.87. The molecule has 2 N–H and O–H groups in total. The highest BCUT2D eigenvalue weighted by Gasteiger charge is 2.42. The molecule has 92 valence electrons. The van der Waals surface area contributed by atoms with Gasteiger partial charge in [-0.25, -0.2) is 4.98 Å². The predicted molar refractivity (Wildman–Crippen MR) is 64.2 cm³/mol. The highest BCUT2D eigenvalue weighted by Crippen LogP contribution is 2.48. The van der Waals surface area contributed by atoms with E-state index in [1.165, 1.54) is 19.3 Å². The van der Waals surface area contributed by atoms with Crippen molar-refractivity contribution in [3.63, 3.8) is 0 Å². The number of nitrogens with one attached hydrogen (secondary N) is 2. The van der Waals surface area contributed by atoms with Crippen molar-refractivity contribution in [2.45, 2.75) is 32.1 Å². The maximum atomic E-state index is 12.0. The van der Waals surface area contributed by atoms with Crippen LogP contribution in [0.1, 0.15) is 31.5 Å². The van der Waals surface area contributed by atoms with Gasteiger partial charge in [-0.1, -0.05) is 6.42 Å². The number of rotatable bonds is 4. The monoisotopic (exact) mass is 233 g/mol. The minimum absolute atomic E-state index is 0.267. The van der Waals surface area contributed by atoms with Crippen molar-refractivity contribution >= 4 is 5.91 Å². The number of H-pyrrole nitrogens is 1. The summed E-state index contributed by atoms with van der Waals surface area (Å²) in [6.07, 6.45) is 9.37. The van der Waals surface area contributed by atoms with Gasteiger partial charge >= 0.3 is 0 Å². The van der Waals surface area contributed by atoms with Gasteiger partial charge in [-0.15, -0.1) is 0 Å². The molecular weight excluding hydrogens is 214 g/mol. The largest absolute Gasteiger partial charge is 0.355 e. The van der Waals surface area contributed by atoms with E-state index >= 15 is 0 Å². The van der Waals surface area contributed by atoms with Crippen molar-refractivity contribution < 1.29 is 4.79 Å². The van der Waals surface area contributed by atoms with Gasteiger partial charge in [0.25, 0.3) is 0 Å². The van der Waals surface area contributed by atoms with E-state index in [0.717, 1.165) is 24.6 Å². The average Bonchev–Trinajstić information content (AvgIpc) is 3.05. The summed E-state index contributed by atoms with van der Waals surface area (Å²) in [4.78, 5) is 19.2. The molecular formula is C13H19N3O. The van der Waals surface area contributed by atoms with E-state index < -0.39 is 0 Å². The highest BCUT2D eigenvalue weighted by atomic mass is 16.1.